The highest BCUT2D eigenvalue weighted by Crippen LogP contribution is 2.24. The Balaban J connectivity index is 1.61. The van der Waals surface area contributed by atoms with Crippen molar-refractivity contribution < 1.29 is 14.6 Å². The van der Waals surface area contributed by atoms with E-state index in [0.29, 0.717) is 31.8 Å². The van der Waals surface area contributed by atoms with Crippen molar-refractivity contribution in [2.75, 3.05) is 37.0 Å². The van der Waals surface area contributed by atoms with Crippen LogP contribution in [0.15, 0.2) is 30.3 Å². The molecular formula is C20H26N4O3. The molecule has 7 heteroatoms. The van der Waals surface area contributed by atoms with Gasteiger partial charge in [-0.05, 0) is 37.8 Å². The minimum atomic E-state index is -0.702. The van der Waals surface area contributed by atoms with Gasteiger partial charge in [0.15, 0.2) is 0 Å². The molecule has 7 nitrogen and oxygen atoms in total. The van der Waals surface area contributed by atoms with Crippen molar-refractivity contribution in [1.29, 1.82) is 0 Å². The van der Waals surface area contributed by atoms with Gasteiger partial charge >= 0.3 is 5.97 Å². The molecule has 1 aliphatic heterocycles. The number of carboxylic acid groups (broad SMARTS) is 1. The first-order valence-corrected chi connectivity index (χ1v) is 9.26. The normalized spacial score (nSPS) is 14.8. The number of piperidine rings is 1. The molecule has 0 unspecified atom stereocenters. The van der Waals surface area contributed by atoms with Crippen molar-refractivity contribution in [1.82, 2.24) is 9.97 Å². The zero-order chi connectivity index (χ0) is 19.2. The molecule has 1 saturated heterocycles. The number of anilines is 2. The number of ether oxygens (including phenoxy) is 1. The van der Waals surface area contributed by atoms with Crippen molar-refractivity contribution in [3.63, 3.8) is 0 Å². The Morgan fingerprint density at radius 3 is 2.74 bits per heavy atom. The summed E-state index contributed by atoms with van der Waals surface area (Å²) in [6.45, 7) is 4.01. The minimum absolute atomic E-state index is 0.248. The fourth-order valence-electron chi connectivity index (χ4n) is 3.39. The molecule has 2 aromatic rings. The summed E-state index contributed by atoms with van der Waals surface area (Å²) in [4.78, 5) is 22.3. The lowest BCUT2D eigenvalue weighted by molar-refractivity contribution is -0.142. The number of carbonyl (C=O) groups is 1. The van der Waals surface area contributed by atoms with E-state index < -0.39 is 5.97 Å². The van der Waals surface area contributed by atoms with Gasteiger partial charge in [-0.3, -0.25) is 4.79 Å². The molecule has 0 saturated carbocycles. The van der Waals surface area contributed by atoms with Gasteiger partial charge < -0.3 is 20.1 Å². The number of carboxylic acids is 1. The van der Waals surface area contributed by atoms with Crippen molar-refractivity contribution in [2.45, 2.75) is 26.2 Å². The Hall–Kier alpha value is -2.83. The van der Waals surface area contributed by atoms with Crippen LogP contribution >= 0.6 is 0 Å². The summed E-state index contributed by atoms with van der Waals surface area (Å²) in [7, 11) is 1.68. The summed E-state index contributed by atoms with van der Waals surface area (Å²) in [6, 6.07) is 9.93. The maximum Gasteiger partial charge on any atom is 0.306 e. The zero-order valence-corrected chi connectivity index (χ0v) is 15.8. The van der Waals surface area contributed by atoms with Crippen molar-refractivity contribution in [2.24, 2.45) is 5.92 Å². The zero-order valence-electron chi connectivity index (χ0n) is 15.8. The number of nitrogens with one attached hydrogen (secondary N) is 1. The van der Waals surface area contributed by atoms with Gasteiger partial charge in [-0.2, -0.15) is 0 Å². The fourth-order valence-corrected chi connectivity index (χ4v) is 3.39. The van der Waals surface area contributed by atoms with Gasteiger partial charge in [-0.25, -0.2) is 9.97 Å². The Labute approximate surface area is 159 Å². The molecule has 1 fully saturated rings. The molecule has 0 radical (unpaired) electrons. The van der Waals surface area contributed by atoms with Gasteiger partial charge in [-0.1, -0.05) is 18.2 Å². The number of aromatic nitrogens is 2. The first kappa shape index (κ1) is 18.9. The van der Waals surface area contributed by atoms with Crippen molar-refractivity contribution in [3.8, 4) is 5.75 Å². The highest BCUT2D eigenvalue weighted by Gasteiger charge is 2.25. The first-order valence-electron chi connectivity index (χ1n) is 9.26. The number of aryl methyl sites for hydroxylation is 1. The lowest BCUT2D eigenvalue weighted by Gasteiger charge is -2.31. The van der Waals surface area contributed by atoms with E-state index >= 15 is 0 Å². The van der Waals surface area contributed by atoms with Crippen LogP contribution in [0.1, 0.15) is 24.2 Å². The number of rotatable bonds is 7. The molecule has 0 atom stereocenters. The average molecular weight is 370 g/mol. The predicted molar refractivity (Wildman–Crippen MR) is 105 cm³/mol. The monoisotopic (exact) mass is 370 g/mol. The Morgan fingerprint density at radius 1 is 1.30 bits per heavy atom. The van der Waals surface area contributed by atoms with Crippen LogP contribution < -0.4 is 15.0 Å². The molecule has 1 aromatic carbocycles. The van der Waals surface area contributed by atoms with Crippen LogP contribution in [0.25, 0.3) is 0 Å². The second-order valence-electron chi connectivity index (χ2n) is 6.75. The van der Waals surface area contributed by atoms with E-state index in [0.717, 1.165) is 35.9 Å². The third-order valence-electron chi connectivity index (χ3n) is 4.89. The number of aliphatic carboxylic acids is 1. The van der Waals surface area contributed by atoms with Gasteiger partial charge in [0.2, 0.25) is 0 Å². The largest absolute Gasteiger partial charge is 0.496 e. The SMILES string of the molecule is COc1ccccc1CCNc1cc(N2CCC(C(=O)O)CC2)nc(C)n1. The lowest BCUT2D eigenvalue weighted by Crippen LogP contribution is -2.37. The summed E-state index contributed by atoms with van der Waals surface area (Å²) in [5.41, 5.74) is 1.15. The number of nitrogens with zero attached hydrogens (tertiary/aromatic N) is 3. The van der Waals surface area contributed by atoms with Crippen LogP contribution in [0.2, 0.25) is 0 Å². The number of methoxy groups -OCH3 is 1. The molecule has 1 aromatic heterocycles. The molecule has 1 aliphatic rings. The van der Waals surface area contributed by atoms with E-state index in [1.807, 2.05) is 31.2 Å². The Kier molecular flexibility index (Phi) is 6.11. The molecule has 3 rings (SSSR count). The van der Waals surface area contributed by atoms with E-state index in [1.54, 1.807) is 7.11 Å². The van der Waals surface area contributed by atoms with E-state index in [1.165, 1.54) is 0 Å². The van der Waals surface area contributed by atoms with Crippen molar-refractivity contribution in [3.05, 3.63) is 41.7 Å². The molecular weight excluding hydrogens is 344 g/mol. The quantitative estimate of drug-likeness (QED) is 0.775. The van der Waals surface area contributed by atoms with E-state index in [-0.39, 0.29) is 5.92 Å². The van der Waals surface area contributed by atoms with Gasteiger partial charge in [0, 0.05) is 25.7 Å². The number of hydrogen-bond acceptors (Lipinski definition) is 6. The summed E-state index contributed by atoms with van der Waals surface area (Å²) in [5.74, 6) is 2.28. The van der Waals surface area contributed by atoms with Gasteiger partial charge in [0.1, 0.15) is 23.2 Å². The third-order valence-corrected chi connectivity index (χ3v) is 4.89. The fraction of sp³-hybridized carbons (Fsp3) is 0.450. The van der Waals surface area contributed by atoms with Crippen LogP contribution in [0.5, 0.6) is 5.75 Å². The summed E-state index contributed by atoms with van der Waals surface area (Å²) >= 11 is 0. The average Bonchev–Trinajstić information content (AvgIpc) is 2.68. The second kappa shape index (κ2) is 8.70. The number of para-hydroxylation sites is 1. The lowest BCUT2D eigenvalue weighted by atomic mass is 9.97. The van der Waals surface area contributed by atoms with Crippen LogP contribution in [0, 0.1) is 12.8 Å². The standard InChI is InChI=1S/C20H26N4O3/c1-14-22-18(21-10-7-15-5-3-4-6-17(15)27-2)13-19(23-14)24-11-8-16(9-12-24)20(25)26/h3-6,13,16H,7-12H2,1-2H3,(H,25,26)(H,21,22,23). The van der Waals surface area contributed by atoms with Gasteiger partial charge in [0.05, 0.1) is 13.0 Å². The first-order chi connectivity index (χ1) is 13.1. The smallest absolute Gasteiger partial charge is 0.306 e. The maximum absolute atomic E-state index is 11.1. The van der Waals surface area contributed by atoms with Crippen LogP contribution in [0.3, 0.4) is 0 Å². The third kappa shape index (κ3) is 4.87. The summed E-state index contributed by atoms with van der Waals surface area (Å²) in [5, 5.41) is 12.5. The molecule has 0 bridgehead atoms. The van der Waals surface area contributed by atoms with E-state index in [9.17, 15) is 4.79 Å². The second-order valence-corrected chi connectivity index (χ2v) is 6.75. The topological polar surface area (TPSA) is 87.6 Å². The van der Waals surface area contributed by atoms with Gasteiger partial charge in [-0.15, -0.1) is 0 Å². The van der Waals surface area contributed by atoms with Crippen LogP contribution in [0.4, 0.5) is 11.6 Å². The summed E-state index contributed by atoms with van der Waals surface area (Å²) in [6.07, 6.45) is 2.12. The highest BCUT2D eigenvalue weighted by molar-refractivity contribution is 5.70. The maximum atomic E-state index is 11.1. The Bertz CT molecular complexity index is 789. The molecule has 0 amide bonds. The number of hydrogen-bond donors (Lipinski definition) is 2. The number of benzene rings is 1. The van der Waals surface area contributed by atoms with Crippen molar-refractivity contribution >= 4 is 17.6 Å². The predicted octanol–water partition coefficient (Wildman–Crippen LogP) is 2.75. The van der Waals surface area contributed by atoms with E-state index in [4.69, 9.17) is 9.84 Å². The molecule has 144 valence electrons. The van der Waals surface area contributed by atoms with Crippen LogP contribution in [-0.2, 0) is 11.2 Å². The minimum Gasteiger partial charge on any atom is -0.496 e. The summed E-state index contributed by atoms with van der Waals surface area (Å²) < 4.78 is 5.39. The van der Waals surface area contributed by atoms with E-state index in [2.05, 4.69) is 26.3 Å². The highest BCUT2D eigenvalue weighted by atomic mass is 16.5. The molecule has 27 heavy (non-hydrogen) atoms. The molecule has 0 spiro atoms. The van der Waals surface area contributed by atoms with Gasteiger partial charge in [0.25, 0.3) is 0 Å². The molecule has 0 aliphatic carbocycles. The molecule has 2 N–H and O–H groups in total. The Morgan fingerprint density at radius 2 is 2.04 bits per heavy atom. The van der Waals surface area contributed by atoms with Crippen LogP contribution in [-0.4, -0.2) is 47.8 Å². The molecule has 2 heterocycles.